The Morgan fingerprint density at radius 1 is 0.806 bits per heavy atom. The van der Waals surface area contributed by atoms with Crippen LogP contribution >= 0.6 is 0 Å². The summed E-state index contributed by atoms with van der Waals surface area (Å²) in [6, 6.07) is 30.8. The molecule has 1 saturated carbocycles. The number of benzene rings is 3. The zero-order valence-corrected chi connectivity index (χ0v) is 17.8. The molecule has 0 aliphatic heterocycles. The van der Waals surface area contributed by atoms with Crippen molar-refractivity contribution in [1.29, 1.82) is 0 Å². The third kappa shape index (κ3) is 4.71. The second-order valence-electron chi connectivity index (χ2n) is 7.63. The Bertz CT molecular complexity index is 860. The lowest BCUT2D eigenvalue weighted by Crippen LogP contribution is -2.34. The fourth-order valence-corrected chi connectivity index (χ4v) is 4.02. The fraction of sp³-hybridized carbons (Fsp3) is 0.296. The van der Waals surface area contributed by atoms with Gasteiger partial charge in [0.25, 0.3) is 0 Å². The predicted octanol–water partition coefficient (Wildman–Crippen LogP) is 4.96. The number of rotatable bonds is 10. The van der Waals surface area contributed by atoms with Crippen LogP contribution in [0, 0.1) is 5.92 Å². The molecule has 0 amide bonds. The number of esters is 1. The molecule has 31 heavy (non-hydrogen) atoms. The molecule has 0 bridgehead atoms. The number of hydrogen-bond acceptors (Lipinski definition) is 4. The maximum Gasteiger partial charge on any atom is 0.311 e. The quantitative estimate of drug-likeness (QED) is 0.266. The van der Waals surface area contributed by atoms with E-state index in [1.54, 1.807) is 0 Å². The molecule has 4 rings (SSSR count). The van der Waals surface area contributed by atoms with Crippen LogP contribution in [0.1, 0.15) is 30.0 Å². The molecule has 0 unspecified atom stereocenters. The van der Waals surface area contributed by atoms with E-state index in [9.17, 15) is 4.79 Å². The molecular formula is C27H28O4. The van der Waals surface area contributed by atoms with Crippen LogP contribution in [0.5, 0.6) is 0 Å². The highest BCUT2D eigenvalue weighted by molar-refractivity contribution is 5.76. The van der Waals surface area contributed by atoms with Gasteiger partial charge in [0.1, 0.15) is 5.60 Å². The molecule has 160 valence electrons. The van der Waals surface area contributed by atoms with Crippen LogP contribution in [0.3, 0.4) is 0 Å². The van der Waals surface area contributed by atoms with Gasteiger partial charge >= 0.3 is 5.97 Å². The predicted molar refractivity (Wildman–Crippen MR) is 120 cm³/mol. The van der Waals surface area contributed by atoms with E-state index in [0.717, 1.165) is 23.1 Å². The van der Waals surface area contributed by atoms with E-state index in [4.69, 9.17) is 14.2 Å². The van der Waals surface area contributed by atoms with Gasteiger partial charge in [0.05, 0.1) is 31.8 Å². The fourth-order valence-electron chi connectivity index (χ4n) is 4.02. The molecule has 1 aliphatic carbocycles. The van der Waals surface area contributed by atoms with Gasteiger partial charge in [-0.05, 0) is 30.0 Å². The van der Waals surface area contributed by atoms with E-state index in [0.29, 0.717) is 19.8 Å². The van der Waals surface area contributed by atoms with Crippen LogP contribution in [0.2, 0.25) is 0 Å². The topological polar surface area (TPSA) is 44.8 Å². The third-order valence-electron chi connectivity index (χ3n) is 5.60. The summed E-state index contributed by atoms with van der Waals surface area (Å²) in [5.41, 5.74) is 2.42. The summed E-state index contributed by atoms with van der Waals surface area (Å²) < 4.78 is 17.7. The van der Waals surface area contributed by atoms with E-state index in [1.165, 1.54) is 0 Å². The largest absolute Gasteiger partial charge is 0.466 e. The molecule has 4 heteroatoms. The summed E-state index contributed by atoms with van der Waals surface area (Å²) in [4.78, 5) is 11.8. The highest BCUT2D eigenvalue weighted by Crippen LogP contribution is 2.40. The lowest BCUT2D eigenvalue weighted by atomic mass is 9.80. The lowest BCUT2D eigenvalue weighted by molar-refractivity contribution is -0.146. The normalized spacial score (nSPS) is 17.8. The van der Waals surface area contributed by atoms with Crippen molar-refractivity contribution in [2.24, 2.45) is 5.92 Å². The monoisotopic (exact) mass is 416 g/mol. The molecular weight excluding hydrogens is 388 g/mol. The average molecular weight is 417 g/mol. The maximum absolute atomic E-state index is 11.8. The van der Waals surface area contributed by atoms with Gasteiger partial charge in [-0.1, -0.05) is 91.0 Å². The summed E-state index contributed by atoms with van der Waals surface area (Å²) in [7, 11) is 0. The molecule has 0 saturated heterocycles. The summed E-state index contributed by atoms with van der Waals surface area (Å²) >= 11 is 0. The molecule has 0 spiro atoms. The maximum atomic E-state index is 11.8. The van der Waals surface area contributed by atoms with Crippen molar-refractivity contribution in [2.45, 2.75) is 25.0 Å². The Balaban J connectivity index is 1.56. The highest BCUT2D eigenvalue weighted by atomic mass is 16.6. The summed E-state index contributed by atoms with van der Waals surface area (Å²) in [6.07, 6.45) is 0.655. The Labute approximate surface area is 183 Å². The zero-order chi connectivity index (χ0) is 21.5. The second kappa shape index (κ2) is 9.90. The van der Waals surface area contributed by atoms with Crippen LogP contribution in [-0.2, 0) is 24.6 Å². The van der Waals surface area contributed by atoms with Gasteiger partial charge in [-0.15, -0.1) is 0 Å². The van der Waals surface area contributed by atoms with E-state index in [2.05, 4.69) is 36.4 Å². The van der Waals surface area contributed by atoms with Gasteiger partial charge in [-0.25, -0.2) is 0 Å². The van der Waals surface area contributed by atoms with Gasteiger partial charge < -0.3 is 14.2 Å². The molecule has 1 fully saturated rings. The Hall–Kier alpha value is -2.95. The van der Waals surface area contributed by atoms with Gasteiger partial charge in [0.2, 0.25) is 0 Å². The average Bonchev–Trinajstić information content (AvgIpc) is 3.61. The standard InChI is InChI=1S/C27H28O4/c1-2-29-26(28)24-20-25(24)30-18-19-31-27(21-12-6-3-7-13-21,22-14-8-4-9-15-22)23-16-10-5-11-17-23/h3-17,24-25H,2,18-20H2,1H3/t24-,25+/m1/s1. The van der Waals surface area contributed by atoms with Gasteiger partial charge in [0, 0.05) is 0 Å². The molecule has 0 heterocycles. The van der Waals surface area contributed by atoms with Crippen molar-refractivity contribution in [1.82, 2.24) is 0 Å². The molecule has 1 aliphatic rings. The first-order chi connectivity index (χ1) is 15.3. The molecule has 0 radical (unpaired) electrons. The molecule has 3 aromatic carbocycles. The van der Waals surface area contributed by atoms with E-state index in [1.807, 2.05) is 61.5 Å². The Morgan fingerprint density at radius 2 is 1.29 bits per heavy atom. The van der Waals surface area contributed by atoms with E-state index >= 15 is 0 Å². The SMILES string of the molecule is CCOC(=O)[C@@H]1C[C@@H]1OCCOC(c1ccccc1)(c1ccccc1)c1ccccc1. The molecule has 4 nitrogen and oxygen atoms in total. The lowest BCUT2D eigenvalue weighted by Gasteiger charge is -2.36. The van der Waals surface area contributed by atoms with Crippen LogP contribution in [-0.4, -0.2) is 31.9 Å². The molecule has 0 N–H and O–H groups in total. The first kappa shape index (κ1) is 21.3. The Morgan fingerprint density at radius 3 is 1.74 bits per heavy atom. The smallest absolute Gasteiger partial charge is 0.311 e. The van der Waals surface area contributed by atoms with Gasteiger partial charge in [-0.3, -0.25) is 4.79 Å². The van der Waals surface area contributed by atoms with Crippen molar-refractivity contribution >= 4 is 5.97 Å². The van der Waals surface area contributed by atoms with E-state index < -0.39 is 5.60 Å². The minimum absolute atomic E-state index is 0.0674. The zero-order valence-electron chi connectivity index (χ0n) is 17.8. The van der Waals surface area contributed by atoms with Gasteiger partial charge in [-0.2, -0.15) is 0 Å². The highest BCUT2D eigenvalue weighted by Gasteiger charge is 2.45. The summed E-state index contributed by atoms with van der Waals surface area (Å²) in [5, 5.41) is 0. The van der Waals surface area contributed by atoms with Crippen molar-refractivity contribution < 1.29 is 19.0 Å². The number of hydrogen-bond donors (Lipinski definition) is 0. The number of carbonyl (C=O) groups is 1. The first-order valence-corrected chi connectivity index (χ1v) is 10.8. The van der Waals surface area contributed by atoms with Crippen molar-refractivity contribution in [2.75, 3.05) is 19.8 Å². The number of ether oxygens (including phenoxy) is 3. The van der Waals surface area contributed by atoms with Gasteiger partial charge in [0.15, 0.2) is 0 Å². The molecule has 3 aromatic rings. The van der Waals surface area contributed by atoms with Crippen molar-refractivity contribution in [3.8, 4) is 0 Å². The first-order valence-electron chi connectivity index (χ1n) is 10.8. The van der Waals surface area contributed by atoms with Crippen molar-refractivity contribution in [3.63, 3.8) is 0 Å². The van der Waals surface area contributed by atoms with Crippen molar-refractivity contribution in [3.05, 3.63) is 108 Å². The summed E-state index contributed by atoms with van der Waals surface area (Å²) in [6.45, 7) is 3.03. The van der Waals surface area contributed by atoms with Crippen LogP contribution in [0.25, 0.3) is 0 Å². The Kier molecular flexibility index (Phi) is 6.80. The summed E-state index contributed by atoms with van der Waals surface area (Å²) in [5.74, 6) is -0.303. The van der Waals surface area contributed by atoms with Crippen LogP contribution < -0.4 is 0 Å². The van der Waals surface area contributed by atoms with E-state index in [-0.39, 0.29) is 18.0 Å². The minimum atomic E-state index is -0.753. The molecule has 0 aromatic heterocycles. The van der Waals surface area contributed by atoms with Crippen LogP contribution in [0.15, 0.2) is 91.0 Å². The van der Waals surface area contributed by atoms with Crippen LogP contribution in [0.4, 0.5) is 0 Å². The number of carbonyl (C=O) groups excluding carboxylic acids is 1. The third-order valence-corrected chi connectivity index (χ3v) is 5.60. The second-order valence-corrected chi connectivity index (χ2v) is 7.63. The molecule has 2 atom stereocenters. The minimum Gasteiger partial charge on any atom is -0.466 e.